The van der Waals surface area contributed by atoms with E-state index in [9.17, 15) is 4.79 Å². The van der Waals surface area contributed by atoms with Gasteiger partial charge >= 0.3 is 0 Å². The zero-order chi connectivity index (χ0) is 18.1. The van der Waals surface area contributed by atoms with Gasteiger partial charge in [0.05, 0.1) is 6.20 Å². The second kappa shape index (κ2) is 6.62. The summed E-state index contributed by atoms with van der Waals surface area (Å²) in [5, 5.41) is 11.1. The van der Waals surface area contributed by atoms with Crippen LogP contribution in [0.4, 0.5) is 0 Å². The smallest absolute Gasteiger partial charge is 0.257 e. The maximum atomic E-state index is 12.6. The molecule has 0 spiro atoms. The van der Waals surface area contributed by atoms with Crippen molar-refractivity contribution in [3.05, 3.63) is 40.9 Å². The lowest BCUT2D eigenvalue weighted by atomic mass is 10.1. The molecule has 0 aliphatic heterocycles. The molecule has 1 atom stereocenters. The van der Waals surface area contributed by atoms with Gasteiger partial charge in [0.2, 0.25) is 5.89 Å². The van der Waals surface area contributed by atoms with Crippen LogP contribution in [0.1, 0.15) is 60.3 Å². The molecule has 0 aromatic carbocycles. The van der Waals surface area contributed by atoms with Gasteiger partial charge in [-0.25, -0.2) is 9.50 Å². The first-order chi connectivity index (χ1) is 11.8. The van der Waals surface area contributed by atoms with E-state index in [1.807, 2.05) is 19.9 Å². The molecule has 25 heavy (non-hydrogen) atoms. The first-order valence-corrected chi connectivity index (χ1v) is 8.30. The Morgan fingerprint density at radius 3 is 2.76 bits per heavy atom. The first kappa shape index (κ1) is 17.1. The summed E-state index contributed by atoms with van der Waals surface area (Å²) in [6.45, 7) is 9.79. The molecule has 0 fully saturated rings. The van der Waals surface area contributed by atoms with E-state index in [2.05, 4.69) is 39.4 Å². The Bertz CT molecular complexity index is 911. The third-order valence-electron chi connectivity index (χ3n) is 3.82. The van der Waals surface area contributed by atoms with E-state index in [0.717, 1.165) is 17.8 Å². The molecule has 0 radical (unpaired) electrons. The Morgan fingerprint density at radius 1 is 1.28 bits per heavy atom. The highest BCUT2D eigenvalue weighted by atomic mass is 16.5. The van der Waals surface area contributed by atoms with Crippen LogP contribution in [0.2, 0.25) is 0 Å². The van der Waals surface area contributed by atoms with E-state index < -0.39 is 6.04 Å². The Labute approximate surface area is 145 Å². The van der Waals surface area contributed by atoms with Crippen molar-refractivity contribution in [1.82, 2.24) is 30.1 Å². The number of hydrogen-bond donors (Lipinski definition) is 1. The number of aryl methyl sites for hydroxylation is 2. The molecule has 3 aromatic rings. The lowest BCUT2D eigenvalue weighted by Crippen LogP contribution is -2.27. The molecule has 0 bridgehead atoms. The predicted octanol–water partition coefficient (Wildman–Crippen LogP) is 2.42. The van der Waals surface area contributed by atoms with Gasteiger partial charge in [-0.2, -0.15) is 10.1 Å². The van der Waals surface area contributed by atoms with Crippen molar-refractivity contribution in [2.24, 2.45) is 5.92 Å². The zero-order valence-corrected chi connectivity index (χ0v) is 15.1. The van der Waals surface area contributed by atoms with Crippen LogP contribution >= 0.6 is 0 Å². The van der Waals surface area contributed by atoms with Crippen molar-refractivity contribution < 1.29 is 9.32 Å². The van der Waals surface area contributed by atoms with E-state index in [1.165, 1.54) is 6.20 Å². The summed E-state index contributed by atoms with van der Waals surface area (Å²) in [4.78, 5) is 21.4. The van der Waals surface area contributed by atoms with Crippen LogP contribution < -0.4 is 5.32 Å². The van der Waals surface area contributed by atoms with E-state index in [1.54, 1.807) is 11.4 Å². The minimum Gasteiger partial charge on any atom is -0.340 e. The molecule has 0 saturated carbocycles. The van der Waals surface area contributed by atoms with Gasteiger partial charge in [0.25, 0.3) is 5.91 Å². The molecular weight excluding hydrogens is 320 g/mol. The molecule has 0 aliphatic rings. The van der Waals surface area contributed by atoms with Crippen LogP contribution in [-0.2, 0) is 6.42 Å². The van der Waals surface area contributed by atoms with Gasteiger partial charge in [0.1, 0.15) is 11.6 Å². The normalized spacial score (nSPS) is 12.7. The lowest BCUT2D eigenvalue weighted by molar-refractivity contribution is 0.0934. The largest absolute Gasteiger partial charge is 0.340 e. The van der Waals surface area contributed by atoms with Gasteiger partial charge in [-0.05, 0) is 32.8 Å². The summed E-state index contributed by atoms with van der Waals surface area (Å²) in [6.07, 6.45) is 2.26. The summed E-state index contributed by atoms with van der Waals surface area (Å²) < 4.78 is 6.91. The number of carbonyl (C=O) groups is 1. The molecule has 1 amide bonds. The van der Waals surface area contributed by atoms with E-state index in [-0.39, 0.29) is 5.91 Å². The summed E-state index contributed by atoms with van der Waals surface area (Å²) >= 11 is 0. The zero-order valence-electron chi connectivity index (χ0n) is 15.1. The van der Waals surface area contributed by atoms with Gasteiger partial charge in [0, 0.05) is 17.8 Å². The maximum absolute atomic E-state index is 12.6. The highest BCUT2D eigenvalue weighted by Crippen LogP contribution is 2.15. The number of carbonyl (C=O) groups excluding carboxylic acids is 1. The van der Waals surface area contributed by atoms with Crippen molar-refractivity contribution >= 4 is 11.6 Å². The molecule has 8 heteroatoms. The number of nitrogens with zero attached hydrogens (tertiary/aromatic N) is 5. The average Bonchev–Trinajstić information content (AvgIpc) is 3.13. The van der Waals surface area contributed by atoms with Crippen molar-refractivity contribution in [2.45, 2.75) is 47.1 Å². The number of aromatic nitrogens is 5. The average molecular weight is 342 g/mol. The quantitative estimate of drug-likeness (QED) is 0.764. The first-order valence-electron chi connectivity index (χ1n) is 8.30. The fraction of sp³-hybridized carbons (Fsp3) is 0.471. The van der Waals surface area contributed by atoms with Crippen LogP contribution in [0.25, 0.3) is 5.65 Å². The minimum atomic E-state index is -0.401. The molecule has 3 heterocycles. The molecule has 8 nitrogen and oxygen atoms in total. The molecule has 0 aliphatic carbocycles. The molecule has 132 valence electrons. The third-order valence-corrected chi connectivity index (χ3v) is 3.82. The van der Waals surface area contributed by atoms with Gasteiger partial charge in [-0.3, -0.25) is 4.79 Å². The summed E-state index contributed by atoms with van der Waals surface area (Å²) in [6, 6.07) is 1.51. The standard InChI is InChI=1S/C17H22N6O2/c1-9(2)6-14-21-17(25-22-14)12(5)20-16(24)13-8-18-23-11(4)7-10(3)19-15(13)23/h7-9,12H,6H2,1-5H3,(H,20,24)/t12-/m0/s1. The fourth-order valence-electron chi connectivity index (χ4n) is 2.66. The Balaban J connectivity index is 1.79. The SMILES string of the molecule is Cc1cc(C)n2ncc(C(=O)N[C@@H](C)c3nc(CC(C)C)no3)c2n1. The van der Waals surface area contributed by atoms with Crippen LogP contribution in [-0.4, -0.2) is 30.6 Å². The fourth-order valence-corrected chi connectivity index (χ4v) is 2.66. The third kappa shape index (κ3) is 3.52. The number of hydrogen-bond acceptors (Lipinski definition) is 6. The lowest BCUT2D eigenvalue weighted by Gasteiger charge is -2.09. The van der Waals surface area contributed by atoms with Crippen LogP contribution in [0, 0.1) is 19.8 Å². The van der Waals surface area contributed by atoms with E-state index in [0.29, 0.717) is 28.8 Å². The van der Waals surface area contributed by atoms with Crippen molar-refractivity contribution in [3.63, 3.8) is 0 Å². The van der Waals surface area contributed by atoms with Crippen molar-refractivity contribution in [1.29, 1.82) is 0 Å². The van der Waals surface area contributed by atoms with Crippen molar-refractivity contribution in [2.75, 3.05) is 0 Å². The minimum absolute atomic E-state index is 0.274. The highest BCUT2D eigenvalue weighted by Gasteiger charge is 2.21. The number of nitrogens with one attached hydrogen (secondary N) is 1. The number of fused-ring (bicyclic) bond motifs is 1. The Kier molecular flexibility index (Phi) is 4.52. The van der Waals surface area contributed by atoms with Gasteiger partial charge in [-0.15, -0.1) is 0 Å². The second-order valence-corrected chi connectivity index (χ2v) is 6.67. The molecule has 1 N–H and O–H groups in total. The van der Waals surface area contributed by atoms with Crippen LogP contribution in [0.3, 0.4) is 0 Å². The monoisotopic (exact) mass is 342 g/mol. The molecule has 3 aromatic heterocycles. The van der Waals surface area contributed by atoms with Crippen LogP contribution in [0.15, 0.2) is 16.8 Å². The van der Waals surface area contributed by atoms with E-state index in [4.69, 9.17) is 4.52 Å². The number of amides is 1. The second-order valence-electron chi connectivity index (χ2n) is 6.67. The summed E-state index contributed by atoms with van der Waals surface area (Å²) in [7, 11) is 0. The Hall–Kier alpha value is -2.77. The topological polar surface area (TPSA) is 98.2 Å². The van der Waals surface area contributed by atoms with Gasteiger partial charge in [-0.1, -0.05) is 19.0 Å². The maximum Gasteiger partial charge on any atom is 0.257 e. The molecule has 3 rings (SSSR count). The summed E-state index contributed by atoms with van der Waals surface area (Å²) in [5.41, 5.74) is 2.71. The molecule has 0 saturated heterocycles. The van der Waals surface area contributed by atoms with Gasteiger partial charge < -0.3 is 9.84 Å². The highest BCUT2D eigenvalue weighted by molar-refractivity contribution is 5.99. The van der Waals surface area contributed by atoms with Crippen LogP contribution in [0.5, 0.6) is 0 Å². The Morgan fingerprint density at radius 2 is 2.04 bits per heavy atom. The van der Waals surface area contributed by atoms with E-state index >= 15 is 0 Å². The van der Waals surface area contributed by atoms with Crippen molar-refractivity contribution in [3.8, 4) is 0 Å². The van der Waals surface area contributed by atoms with Gasteiger partial charge in [0.15, 0.2) is 11.5 Å². The molecule has 0 unspecified atom stereocenters. The number of rotatable bonds is 5. The molecular formula is C17H22N6O2. The summed E-state index contributed by atoms with van der Waals surface area (Å²) in [5.74, 6) is 1.20. The predicted molar refractivity (Wildman–Crippen MR) is 91.2 cm³/mol.